The van der Waals surface area contributed by atoms with Crippen molar-refractivity contribution in [3.8, 4) is 0 Å². The number of amides is 1. The molecule has 0 aliphatic carbocycles. The van der Waals surface area contributed by atoms with Crippen LogP contribution in [0, 0.1) is 13.8 Å². The molecule has 0 saturated carbocycles. The van der Waals surface area contributed by atoms with E-state index in [4.69, 9.17) is 16.8 Å². The summed E-state index contributed by atoms with van der Waals surface area (Å²) in [6.07, 6.45) is 4.71. The van der Waals surface area contributed by atoms with Gasteiger partial charge in [-0.3, -0.25) is 10.0 Å². The van der Waals surface area contributed by atoms with E-state index in [2.05, 4.69) is 9.44 Å². The predicted molar refractivity (Wildman–Crippen MR) is 142 cm³/mol. The average Bonchev–Trinajstić information content (AvgIpc) is 2.79. The van der Waals surface area contributed by atoms with Gasteiger partial charge in [-0.15, -0.1) is 0 Å². The zero-order valence-electron chi connectivity index (χ0n) is 20.2. The fourth-order valence-electron chi connectivity index (χ4n) is 3.27. The zero-order chi connectivity index (χ0) is 26.9. The third-order valence-corrected chi connectivity index (χ3v) is 7.97. The summed E-state index contributed by atoms with van der Waals surface area (Å²) in [7, 11) is -7.95. The fourth-order valence-corrected chi connectivity index (χ4v) is 5.68. The monoisotopic (exact) mass is 555 g/mol. The maximum Gasteiger partial charge on any atom is 0.262 e. The normalized spacial score (nSPS) is 13.6. The summed E-state index contributed by atoms with van der Waals surface area (Å²) in [4.78, 5) is 12.0. The lowest BCUT2D eigenvalue weighted by molar-refractivity contribution is -0.130. The number of nitrogens with one attached hydrogen (secondary N) is 3. The van der Waals surface area contributed by atoms with Gasteiger partial charge >= 0.3 is 0 Å². The summed E-state index contributed by atoms with van der Waals surface area (Å²) in [6.45, 7) is 4.91. The van der Waals surface area contributed by atoms with Gasteiger partial charge in [-0.2, -0.15) is 0 Å². The summed E-state index contributed by atoms with van der Waals surface area (Å²) < 4.78 is 54.3. The van der Waals surface area contributed by atoms with Crippen molar-refractivity contribution in [1.29, 1.82) is 0 Å². The predicted octanol–water partition coefficient (Wildman–Crippen LogP) is 2.79. The summed E-state index contributed by atoms with van der Waals surface area (Å²) in [5, 5.41) is 9.55. The Bertz CT molecular complexity index is 1340. The van der Waals surface area contributed by atoms with E-state index >= 15 is 0 Å². The van der Waals surface area contributed by atoms with Gasteiger partial charge in [0, 0.05) is 11.6 Å². The Morgan fingerprint density at radius 1 is 1.06 bits per heavy atom. The SMILES string of the molecule is CC(=Cc1ccc(C)cc1C)CS(=O)(=O)NC(CNS(=O)(=O)CC=Cc1ccc(Cl)cc1)C(=O)NO. The molecule has 0 saturated heterocycles. The molecule has 2 aromatic rings. The lowest BCUT2D eigenvalue weighted by atomic mass is 10.0. The minimum absolute atomic E-state index is 0.409. The van der Waals surface area contributed by atoms with Crippen molar-refractivity contribution in [1.82, 2.24) is 14.9 Å². The third kappa shape index (κ3) is 10.2. The zero-order valence-corrected chi connectivity index (χ0v) is 22.5. The summed E-state index contributed by atoms with van der Waals surface area (Å²) >= 11 is 5.82. The van der Waals surface area contributed by atoms with Crippen LogP contribution >= 0.6 is 11.6 Å². The molecule has 0 bridgehead atoms. The smallest absolute Gasteiger partial charge is 0.262 e. The summed E-state index contributed by atoms with van der Waals surface area (Å²) in [6, 6.07) is 11.0. The number of sulfonamides is 2. The largest absolute Gasteiger partial charge is 0.289 e. The lowest BCUT2D eigenvalue weighted by Gasteiger charge is -2.17. The molecule has 0 spiro atoms. The van der Waals surface area contributed by atoms with E-state index in [1.165, 1.54) is 11.6 Å². The molecule has 196 valence electrons. The van der Waals surface area contributed by atoms with Crippen molar-refractivity contribution in [3.05, 3.63) is 81.4 Å². The van der Waals surface area contributed by atoms with Gasteiger partial charge in [0.25, 0.3) is 5.91 Å². The minimum Gasteiger partial charge on any atom is -0.289 e. The number of aryl methyl sites for hydroxylation is 2. The highest BCUT2D eigenvalue weighted by Gasteiger charge is 2.26. The van der Waals surface area contributed by atoms with Crippen LogP contribution in [-0.4, -0.2) is 52.0 Å². The Hall–Kier alpha value is -2.54. The van der Waals surface area contributed by atoms with Crippen LogP contribution in [-0.2, 0) is 24.8 Å². The first-order valence-corrected chi connectivity index (χ1v) is 14.6. The molecule has 1 atom stereocenters. The first kappa shape index (κ1) is 29.7. The topological polar surface area (TPSA) is 142 Å². The van der Waals surface area contributed by atoms with Crippen LogP contribution in [0.5, 0.6) is 0 Å². The molecule has 2 aromatic carbocycles. The molecule has 0 aliphatic heterocycles. The molecule has 12 heteroatoms. The van der Waals surface area contributed by atoms with E-state index < -0.39 is 50.0 Å². The first-order valence-electron chi connectivity index (χ1n) is 10.9. The Balaban J connectivity index is 2.03. The van der Waals surface area contributed by atoms with Crippen LogP contribution in [0.15, 0.2) is 54.1 Å². The molecule has 0 fully saturated rings. The number of carbonyl (C=O) groups is 1. The van der Waals surface area contributed by atoms with Crippen molar-refractivity contribution in [2.45, 2.75) is 26.8 Å². The molecule has 1 amide bonds. The first-order chi connectivity index (χ1) is 16.8. The maximum absolute atomic E-state index is 12.7. The van der Waals surface area contributed by atoms with Crippen molar-refractivity contribution >= 4 is 49.7 Å². The number of benzene rings is 2. The van der Waals surface area contributed by atoms with Crippen molar-refractivity contribution in [2.24, 2.45) is 0 Å². The summed E-state index contributed by atoms with van der Waals surface area (Å²) in [5.41, 5.74) is 5.53. The second-order valence-electron chi connectivity index (χ2n) is 8.34. The van der Waals surface area contributed by atoms with E-state index in [0.717, 1.165) is 22.3 Å². The van der Waals surface area contributed by atoms with Gasteiger partial charge in [-0.05, 0) is 49.6 Å². The molecule has 0 radical (unpaired) electrons. The molecule has 4 N–H and O–H groups in total. The number of hydrogen-bond donors (Lipinski definition) is 4. The molecular formula is C24H30ClN3O6S2. The van der Waals surface area contributed by atoms with Crippen LogP contribution in [0.25, 0.3) is 12.2 Å². The van der Waals surface area contributed by atoms with E-state index in [0.29, 0.717) is 10.6 Å². The molecule has 0 aromatic heterocycles. The Morgan fingerprint density at radius 2 is 1.72 bits per heavy atom. The average molecular weight is 556 g/mol. The van der Waals surface area contributed by atoms with Crippen molar-refractivity contribution < 1.29 is 26.8 Å². The van der Waals surface area contributed by atoms with Crippen LogP contribution in [0.1, 0.15) is 29.2 Å². The van der Waals surface area contributed by atoms with Crippen LogP contribution in [0.4, 0.5) is 0 Å². The lowest BCUT2D eigenvalue weighted by Crippen LogP contribution is -2.52. The molecule has 2 rings (SSSR count). The van der Waals surface area contributed by atoms with Crippen LogP contribution in [0.2, 0.25) is 5.02 Å². The molecule has 9 nitrogen and oxygen atoms in total. The van der Waals surface area contributed by atoms with Crippen molar-refractivity contribution in [2.75, 3.05) is 18.1 Å². The number of carbonyl (C=O) groups excluding carboxylic acids is 1. The van der Waals surface area contributed by atoms with Gasteiger partial charge in [-0.25, -0.2) is 31.8 Å². The third-order valence-electron chi connectivity index (χ3n) is 5.00. The second-order valence-corrected chi connectivity index (χ2v) is 12.4. The van der Waals surface area contributed by atoms with Gasteiger partial charge in [0.15, 0.2) is 0 Å². The Morgan fingerprint density at radius 3 is 2.33 bits per heavy atom. The standard InChI is InChI=1S/C24H30ClN3O6S2/c1-17-6-9-21(19(3)13-17)14-18(2)16-36(33,34)28-23(24(29)27-30)15-26-35(31,32)12-4-5-20-7-10-22(25)11-8-20/h4-11,13-14,23,26,28,30H,12,15-16H2,1-3H3,(H,27,29). The van der Waals surface area contributed by atoms with Crippen LogP contribution in [0.3, 0.4) is 0 Å². The van der Waals surface area contributed by atoms with E-state index in [9.17, 15) is 21.6 Å². The van der Waals surface area contributed by atoms with Gasteiger partial charge in [0.1, 0.15) is 6.04 Å². The second kappa shape index (κ2) is 13.1. The molecule has 1 unspecified atom stereocenters. The molecular weight excluding hydrogens is 526 g/mol. The van der Waals surface area contributed by atoms with Gasteiger partial charge in [0.05, 0.1) is 11.5 Å². The number of hydrogen-bond acceptors (Lipinski definition) is 6. The molecule has 0 aliphatic rings. The quantitative estimate of drug-likeness (QED) is 0.234. The van der Waals surface area contributed by atoms with E-state index in [-0.39, 0.29) is 0 Å². The number of rotatable bonds is 12. The number of hydroxylamine groups is 1. The highest BCUT2D eigenvalue weighted by Crippen LogP contribution is 2.15. The minimum atomic E-state index is -4.05. The maximum atomic E-state index is 12.7. The Labute approximate surface area is 217 Å². The Kier molecular flexibility index (Phi) is 10.8. The highest BCUT2D eigenvalue weighted by atomic mass is 35.5. The fraction of sp³-hybridized carbons (Fsp3) is 0.292. The summed E-state index contributed by atoms with van der Waals surface area (Å²) in [5.74, 6) is -1.94. The van der Waals surface area contributed by atoms with Crippen LogP contribution < -0.4 is 14.9 Å². The van der Waals surface area contributed by atoms with Crippen molar-refractivity contribution in [3.63, 3.8) is 0 Å². The van der Waals surface area contributed by atoms with Gasteiger partial charge < -0.3 is 0 Å². The highest BCUT2D eigenvalue weighted by molar-refractivity contribution is 7.90. The van der Waals surface area contributed by atoms with Gasteiger partial charge in [-0.1, -0.05) is 71.3 Å². The van der Waals surface area contributed by atoms with E-state index in [1.54, 1.807) is 43.3 Å². The van der Waals surface area contributed by atoms with E-state index in [1.807, 2.05) is 32.0 Å². The van der Waals surface area contributed by atoms with Gasteiger partial charge in [0.2, 0.25) is 20.0 Å². The number of halogens is 1. The molecule has 36 heavy (non-hydrogen) atoms. The molecule has 0 heterocycles.